The van der Waals surface area contributed by atoms with E-state index < -0.39 is 29.3 Å². The average molecular weight is 523 g/mol. The number of nitrogens with zero attached hydrogens (tertiary/aromatic N) is 1. The monoisotopic (exact) mass is 522 g/mol. The van der Waals surface area contributed by atoms with Crippen LogP contribution in [0.1, 0.15) is 42.2 Å². The first-order chi connectivity index (χ1) is 16.3. The third kappa shape index (κ3) is 4.91. The predicted molar refractivity (Wildman–Crippen MR) is 135 cm³/mol. The summed E-state index contributed by atoms with van der Waals surface area (Å²) in [6.07, 6.45) is 0.307. The van der Waals surface area contributed by atoms with E-state index in [-0.39, 0.29) is 19.0 Å². The number of thiophene rings is 1. The fourth-order valence-electron chi connectivity index (χ4n) is 5.17. The van der Waals surface area contributed by atoms with Gasteiger partial charge in [0.2, 0.25) is 0 Å². The highest BCUT2D eigenvalue weighted by Gasteiger charge is 2.57. The van der Waals surface area contributed by atoms with E-state index in [4.69, 9.17) is 14.5 Å². The molecule has 190 valence electrons. The van der Waals surface area contributed by atoms with Crippen molar-refractivity contribution in [1.29, 1.82) is 0 Å². The first-order valence-electron chi connectivity index (χ1n) is 11.2. The minimum atomic E-state index is -1.34. The molecule has 0 bridgehead atoms. The van der Waals surface area contributed by atoms with Crippen molar-refractivity contribution in [3.05, 3.63) is 63.0 Å². The molecular formula is C25H31ClN2O6S. The molecule has 3 unspecified atom stereocenters. The number of ether oxygens (including phenoxy) is 1. The van der Waals surface area contributed by atoms with E-state index in [9.17, 15) is 14.7 Å². The third-order valence-electron chi connectivity index (χ3n) is 6.92. The Kier molecular flexibility index (Phi) is 8.48. The average Bonchev–Trinajstić information content (AvgIpc) is 3.49. The van der Waals surface area contributed by atoms with Gasteiger partial charge in [0.05, 0.1) is 12.7 Å². The summed E-state index contributed by atoms with van der Waals surface area (Å²) in [6.45, 7) is 5.15. The van der Waals surface area contributed by atoms with Crippen LogP contribution in [0.2, 0.25) is 0 Å². The first-order valence-corrected chi connectivity index (χ1v) is 12.1. The van der Waals surface area contributed by atoms with Gasteiger partial charge in [-0.15, -0.1) is 23.7 Å². The van der Waals surface area contributed by atoms with Gasteiger partial charge in [0.25, 0.3) is 0 Å². The number of benzene rings is 1. The van der Waals surface area contributed by atoms with Gasteiger partial charge in [-0.3, -0.25) is 4.79 Å². The second-order valence-corrected chi connectivity index (χ2v) is 9.96. The van der Waals surface area contributed by atoms with Gasteiger partial charge in [-0.2, -0.15) is 4.89 Å². The Morgan fingerprint density at radius 3 is 2.74 bits per heavy atom. The molecule has 3 atom stereocenters. The topological polar surface area (TPSA) is 97.3 Å². The van der Waals surface area contributed by atoms with Crippen LogP contribution in [0.3, 0.4) is 0 Å². The zero-order valence-corrected chi connectivity index (χ0v) is 21.8. The number of fused-ring (bicyclic) bond motifs is 1. The smallest absolute Gasteiger partial charge is 0.336 e. The number of hydrogen-bond acceptors (Lipinski definition) is 8. The molecule has 2 aliphatic rings. The minimum absolute atomic E-state index is 0. The highest BCUT2D eigenvalue weighted by molar-refractivity contribution is 7.09. The maximum atomic E-state index is 13.2. The van der Waals surface area contributed by atoms with Gasteiger partial charge in [0.15, 0.2) is 5.75 Å². The van der Waals surface area contributed by atoms with E-state index in [0.717, 1.165) is 12.1 Å². The third-order valence-corrected chi connectivity index (χ3v) is 7.79. The molecule has 4 rings (SSSR count). The predicted octanol–water partition coefficient (Wildman–Crippen LogP) is 4.11. The number of rotatable bonds is 8. The maximum absolute atomic E-state index is 13.2. The Labute approximate surface area is 215 Å². The van der Waals surface area contributed by atoms with Gasteiger partial charge in [-0.1, -0.05) is 24.3 Å². The maximum Gasteiger partial charge on any atom is 0.336 e. The summed E-state index contributed by atoms with van der Waals surface area (Å²) in [6, 6.07) is 9.15. The van der Waals surface area contributed by atoms with Crippen molar-refractivity contribution in [2.75, 3.05) is 20.7 Å². The fourth-order valence-corrected chi connectivity index (χ4v) is 5.95. The van der Waals surface area contributed by atoms with E-state index in [2.05, 4.69) is 16.3 Å². The van der Waals surface area contributed by atoms with Crippen molar-refractivity contribution in [2.24, 2.45) is 5.41 Å². The van der Waals surface area contributed by atoms with Crippen LogP contribution in [-0.4, -0.2) is 48.7 Å². The fraction of sp³-hybridized carbons (Fsp3) is 0.440. The van der Waals surface area contributed by atoms with E-state index in [1.807, 2.05) is 43.6 Å². The molecule has 1 aromatic heterocycles. The molecule has 0 aliphatic carbocycles. The van der Waals surface area contributed by atoms with Crippen molar-refractivity contribution in [3.63, 3.8) is 0 Å². The van der Waals surface area contributed by atoms with E-state index in [0.29, 0.717) is 35.5 Å². The summed E-state index contributed by atoms with van der Waals surface area (Å²) < 4.78 is 5.12. The van der Waals surface area contributed by atoms with E-state index >= 15 is 0 Å². The van der Waals surface area contributed by atoms with Crippen molar-refractivity contribution in [2.45, 2.75) is 45.4 Å². The molecule has 0 radical (unpaired) electrons. The Bertz CT molecular complexity index is 1110. The molecule has 0 saturated heterocycles. The van der Waals surface area contributed by atoms with Gasteiger partial charge < -0.3 is 24.9 Å². The molecule has 10 heteroatoms. The Morgan fingerprint density at radius 1 is 1.31 bits per heavy atom. The largest absolute Gasteiger partial charge is 0.481 e. The molecular weight excluding hydrogens is 492 g/mol. The molecule has 2 N–H and O–H groups in total. The molecule has 1 aromatic carbocycles. The number of halogens is 1. The minimum Gasteiger partial charge on any atom is -0.481 e. The summed E-state index contributed by atoms with van der Waals surface area (Å²) >= 11 is 1.67. The number of hydrogen-bond donors (Lipinski definition) is 2. The van der Waals surface area contributed by atoms with Gasteiger partial charge >= 0.3 is 11.9 Å². The highest BCUT2D eigenvalue weighted by Crippen LogP contribution is 2.53. The molecule has 0 fully saturated rings. The lowest BCUT2D eigenvalue weighted by Crippen LogP contribution is -2.57. The highest BCUT2D eigenvalue weighted by atomic mass is 35.5. The summed E-state index contributed by atoms with van der Waals surface area (Å²) in [5.74, 6) is -1.85. The summed E-state index contributed by atoms with van der Waals surface area (Å²) in [7, 11) is 3.29. The van der Waals surface area contributed by atoms with E-state index in [1.54, 1.807) is 18.3 Å². The number of aliphatic carboxylic acids is 1. The Hall–Kier alpha value is -2.59. The first kappa shape index (κ1) is 27.0. The molecule has 0 saturated carbocycles. The lowest BCUT2D eigenvalue weighted by atomic mass is 9.60. The van der Waals surface area contributed by atoms with Gasteiger partial charge in [-0.05, 0) is 45.3 Å². The van der Waals surface area contributed by atoms with Crippen LogP contribution in [0.25, 0.3) is 0 Å². The standard InChI is InChI=1S/C25H30N2O6S.ClH/c1-15-20(23(28)31-4)21(19-9-5-7-17-14-32-33-22(17)19)25(24(29)30,16(2)26-15)10-11-27(3)13-18-8-6-12-34-18;/h5-9,12,16,21,26H,10-11,13-14H2,1-4H3,(H,29,30);1H. The van der Waals surface area contributed by atoms with E-state index in [1.165, 1.54) is 12.0 Å². The van der Waals surface area contributed by atoms with Crippen LogP contribution in [-0.2, 0) is 32.4 Å². The SMILES string of the molecule is COC(=O)C1=C(C)NC(C)C(CCN(C)Cc2cccs2)(C(=O)O)C1c1cccc2c1OOC2.Cl. The van der Waals surface area contributed by atoms with Crippen LogP contribution >= 0.6 is 23.7 Å². The number of carboxylic acid groups (broad SMARTS) is 1. The number of para-hydroxylation sites is 1. The number of esters is 1. The second kappa shape index (κ2) is 11.0. The number of nitrogens with one attached hydrogen (secondary N) is 1. The molecule has 3 heterocycles. The van der Waals surface area contributed by atoms with Crippen LogP contribution < -0.4 is 10.2 Å². The number of carbonyl (C=O) groups is 2. The number of carboxylic acids is 1. The number of carbonyl (C=O) groups excluding carboxylic acids is 1. The lowest BCUT2D eigenvalue weighted by molar-refractivity contribution is -0.195. The van der Waals surface area contributed by atoms with Crippen molar-refractivity contribution in [3.8, 4) is 5.75 Å². The Morgan fingerprint density at radius 2 is 2.09 bits per heavy atom. The summed E-state index contributed by atoms with van der Waals surface area (Å²) in [4.78, 5) is 40.2. The Balaban J connectivity index is 0.00000342. The molecule has 0 spiro atoms. The summed E-state index contributed by atoms with van der Waals surface area (Å²) in [5, 5.41) is 16.1. The van der Waals surface area contributed by atoms with Gasteiger partial charge in [0.1, 0.15) is 12.0 Å². The lowest BCUT2D eigenvalue weighted by Gasteiger charge is -2.47. The zero-order chi connectivity index (χ0) is 24.5. The number of allylic oxidation sites excluding steroid dienone is 1. The molecule has 35 heavy (non-hydrogen) atoms. The van der Waals surface area contributed by atoms with Crippen molar-refractivity contribution in [1.82, 2.24) is 10.2 Å². The van der Waals surface area contributed by atoms with Crippen LogP contribution in [0.4, 0.5) is 0 Å². The van der Waals surface area contributed by atoms with Crippen LogP contribution in [0, 0.1) is 5.41 Å². The molecule has 0 amide bonds. The van der Waals surface area contributed by atoms with Crippen molar-refractivity contribution >= 4 is 35.7 Å². The molecule has 8 nitrogen and oxygen atoms in total. The molecule has 2 aliphatic heterocycles. The summed E-state index contributed by atoms with van der Waals surface area (Å²) in [5.41, 5.74) is 0.997. The zero-order valence-electron chi connectivity index (χ0n) is 20.2. The molecule has 2 aromatic rings. The quantitative estimate of drug-likeness (QED) is 0.395. The number of methoxy groups -OCH3 is 1. The second-order valence-electron chi connectivity index (χ2n) is 8.92. The van der Waals surface area contributed by atoms with Crippen molar-refractivity contribution < 1.29 is 29.2 Å². The van der Waals surface area contributed by atoms with Crippen LogP contribution in [0.15, 0.2) is 47.0 Å². The van der Waals surface area contributed by atoms with Crippen LogP contribution in [0.5, 0.6) is 5.75 Å². The van der Waals surface area contributed by atoms with Gasteiger partial charge in [-0.25, -0.2) is 4.79 Å². The van der Waals surface area contributed by atoms with Gasteiger partial charge in [0, 0.05) is 40.2 Å². The normalized spacial score (nSPS) is 23.2.